The van der Waals surface area contributed by atoms with Crippen LogP contribution in [0.15, 0.2) is 59.6 Å². The standard InChI is InChI=1S/C27H33N3O2/c1-19(2)30-23-16-10-9-15-22(23)25(21-13-7-4-8-14-21)29-26(27(30)32)28-24(31)18-17-20-11-5-3-6-12-20/h4,7-10,13-16,19-20,26H,3,5-6,11-12,17-18H2,1-2H3,(H,28,31)/t26-/m1/s1. The van der Waals surface area contributed by atoms with E-state index in [0.717, 1.165) is 28.9 Å². The van der Waals surface area contributed by atoms with Gasteiger partial charge in [0.15, 0.2) is 0 Å². The summed E-state index contributed by atoms with van der Waals surface area (Å²) in [5, 5.41) is 2.95. The van der Waals surface area contributed by atoms with Gasteiger partial charge in [-0.25, -0.2) is 4.99 Å². The van der Waals surface area contributed by atoms with E-state index in [4.69, 9.17) is 4.99 Å². The molecule has 2 aromatic carbocycles. The molecule has 2 amide bonds. The smallest absolute Gasteiger partial charge is 0.272 e. The van der Waals surface area contributed by atoms with Crippen LogP contribution in [0, 0.1) is 5.92 Å². The van der Waals surface area contributed by atoms with E-state index in [0.29, 0.717) is 12.3 Å². The van der Waals surface area contributed by atoms with Gasteiger partial charge in [-0.05, 0) is 32.3 Å². The number of hydrogen-bond acceptors (Lipinski definition) is 3. The first-order valence-corrected chi connectivity index (χ1v) is 11.9. The van der Waals surface area contributed by atoms with Gasteiger partial charge in [0, 0.05) is 23.6 Å². The lowest BCUT2D eigenvalue weighted by Gasteiger charge is -2.29. The molecule has 1 saturated carbocycles. The van der Waals surface area contributed by atoms with Gasteiger partial charge in [-0.1, -0.05) is 80.6 Å². The summed E-state index contributed by atoms with van der Waals surface area (Å²) in [5.41, 5.74) is 3.39. The van der Waals surface area contributed by atoms with Crippen molar-refractivity contribution in [1.82, 2.24) is 5.32 Å². The van der Waals surface area contributed by atoms with Crippen LogP contribution in [0.3, 0.4) is 0 Å². The molecule has 168 valence electrons. The molecule has 0 saturated heterocycles. The molecule has 1 N–H and O–H groups in total. The Balaban J connectivity index is 1.63. The first kappa shape index (κ1) is 22.3. The average molecular weight is 432 g/mol. The van der Waals surface area contributed by atoms with Gasteiger partial charge in [0.25, 0.3) is 5.91 Å². The number of anilines is 1. The van der Waals surface area contributed by atoms with Crippen molar-refractivity contribution in [2.24, 2.45) is 10.9 Å². The Labute approximate surface area is 190 Å². The van der Waals surface area contributed by atoms with Crippen molar-refractivity contribution in [1.29, 1.82) is 0 Å². The second kappa shape index (κ2) is 10.1. The van der Waals surface area contributed by atoms with Crippen LogP contribution < -0.4 is 10.2 Å². The number of amides is 2. The highest BCUT2D eigenvalue weighted by Crippen LogP contribution is 2.30. The average Bonchev–Trinajstić information content (AvgIpc) is 2.93. The van der Waals surface area contributed by atoms with Crippen molar-refractivity contribution >= 4 is 23.2 Å². The Morgan fingerprint density at radius 1 is 1.03 bits per heavy atom. The maximum absolute atomic E-state index is 13.6. The number of nitrogens with one attached hydrogen (secondary N) is 1. The highest BCUT2D eigenvalue weighted by Gasteiger charge is 2.34. The SMILES string of the molecule is CC(C)N1C(=O)[C@H](NC(=O)CCC2CCCCC2)N=C(c2ccccc2)c2ccccc21. The Hall–Kier alpha value is -2.95. The molecule has 4 rings (SSSR count). The molecule has 5 nitrogen and oxygen atoms in total. The van der Waals surface area contributed by atoms with Crippen LogP contribution in [0.2, 0.25) is 0 Å². The first-order valence-electron chi connectivity index (χ1n) is 11.9. The van der Waals surface area contributed by atoms with Gasteiger partial charge < -0.3 is 10.2 Å². The van der Waals surface area contributed by atoms with Crippen LogP contribution in [0.5, 0.6) is 0 Å². The number of nitrogens with zero attached hydrogens (tertiary/aromatic N) is 2. The van der Waals surface area contributed by atoms with Gasteiger partial charge in [-0.2, -0.15) is 0 Å². The summed E-state index contributed by atoms with van der Waals surface area (Å²) < 4.78 is 0. The molecule has 0 aromatic heterocycles. The molecule has 5 heteroatoms. The van der Waals surface area contributed by atoms with Gasteiger partial charge in [0.05, 0.1) is 11.4 Å². The van der Waals surface area contributed by atoms with Gasteiger partial charge in [0.2, 0.25) is 12.1 Å². The molecule has 1 aliphatic carbocycles. The number of benzodiazepines with no additional fused rings is 1. The van der Waals surface area contributed by atoms with Gasteiger partial charge >= 0.3 is 0 Å². The zero-order chi connectivity index (χ0) is 22.5. The zero-order valence-electron chi connectivity index (χ0n) is 19.1. The molecular weight excluding hydrogens is 398 g/mol. The summed E-state index contributed by atoms with van der Waals surface area (Å²) in [6.07, 6.45) is 6.65. The zero-order valence-corrected chi connectivity index (χ0v) is 19.1. The van der Waals surface area contributed by atoms with E-state index >= 15 is 0 Å². The van der Waals surface area contributed by atoms with E-state index in [1.807, 2.05) is 68.4 Å². The minimum Gasteiger partial charge on any atom is -0.327 e. The minimum absolute atomic E-state index is 0.0596. The molecule has 0 bridgehead atoms. The molecule has 0 radical (unpaired) electrons. The molecular formula is C27H33N3O2. The van der Waals surface area contributed by atoms with Crippen LogP contribution in [0.4, 0.5) is 5.69 Å². The monoisotopic (exact) mass is 431 g/mol. The topological polar surface area (TPSA) is 61.8 Å². The summed E-state index contributed by atoms with van der Waals surface area (Å²) in [7, 11) is 0. The number of para-hydroxylation sites is 1. The third kappa shape index (κ3) is 4.93. The summed E-state index contributed by atoms with van der Waals surface area (Å²) >= 11 is 0. The molecule has 2 aliphatic rings. The number of fused-ring (bicyclic) bond motifs is 1. The number of aliphatic imine (C=N–C) groups is 1. The second-order valence-electron chi connectivity index (χ2n) is 9.18. The molecule has 0 unspecified atom stereocenters. The molecule has 1 atom stereocenters. The Kier molecular flexibility index (Phi) is 7.03. The van der Waals surface area contributed by atoms with E-state index in [1.165, 1.54) is 32.1 Å². The molecule has 1 heterocycles. The number of hydrogen-bond donors (Lipinski definition) is 1. The lowest BCUT2D eigenvalue weighted by Crippen LogP contribution is -2.49. The lowest BCUT2D eigenvalue weighted by atomic mass is 9.86. The quantitative estimate of drug-likeness (QED) is 0.693. The largest absolute Gasteiger partial charge is 0.327 e. The van der Waals surface area contributed by atoms with E-state index in [1.54, 1.807) is 4.90 Å². The summed E-state index contributed by atoms with van der Waals surface area (Å²) in [6, 6.07) is 17.7. The number of carbonyl (C=O) groups excluding carboxylic acids is 2. The molecule has 2 aromatic rings. The van der Waals surface area contributed by atoms with Gasteiger partial charge in [0.1, 0.15) is 0 Å². The molecule has 1 aliphatic heterocycles. The van der Waals surface area contributed by atoms with Gasteiger partial charge in [-0.3, -0.25) is 9.59 Å². The number of carbonyl (C=O) groups is 2. The fraction of sp³-hybridized carbons (Fsp3) is 0.444. The van der Waals surface area contributed by atoms with E-state index in [-0.39, 0.29) is 17.9 Å². The maximum atomic E-state index is 13.6. The van der Waals surface area contributed by atoms with E-state index < -0.39 is 6.17 Å². The normalized spacial score (nSPS) is 19.3. The van der Waals surface area contributed by atoms with Crippen LogP contribution in [0.25, 0.3) is 0 Å². The van der Waals surface area contributed by atoms with Crippen LogP contribution >= 0.6 is 0 Å². The number of benzene rings is 2. The maximum Gasteiger partial charge on any atom is 0.272 e. The van der Waals surface area contributed by atoms with Crippen molar-refractivity contribution < 1.29 is 9.59 Å². The summed E-state index contributed by atoms with van der Waals surface area (Å²) in [5.74, 6) is 0.336. The Bertz CT molecular complexity index is 977. The molecule has 0 spiro atoms. The Morgan fingerprint density at radius 3 is 2.44 bits per heavy atom. The second-order valence-corrected chi connectivity index (χ2v) is 9.18. The van der Waals surface area contributed by atoms with Crippen molar-refractivity contribution in [3.8, 4) is 0 Å². The predicted octanol–water partition coefficient (Wildman–Crippen LogP) is 5.08. The van der Waals surface area contributed by atoms with Crippen molar-refractivity contribution in [3.63, 3.8) is 0 Å². The molecule has 32 heavy (non-hydrogen) atoms. The minimum atomic E-state index is -0.932. The third-order valence-corrected chi connectivity index (χ3v) is 6.51. The summed E-state index contributed by atoms with van der Waals surface area (Å²) in [6.45, 7) is 3.98. The van der Waals surface area contributed by atoms with Crippen molar-refractivity contribution in [2.45, 2.75) is 71.0 Å². The van der Waals surface area contributed by atoms with Crippen molar-refractivity contribution in [2.75, 3.05) is 4.90 Å². The highest BCUT2D eigenvalue weighted by molar-refractivity contribution is 6.20. The van der Waals surface area contributed by atoms with Crippen LogP contribution in [-0.4, -0.2) is 29.7 Å². The molecule has 1 fully saturated rings. The van der Waals surface area contributed by atoms with E-state index in [9.17, 15) is 9.59 Å². The predicted molar refractivity (Wildman–Crippen MR) is 129 cm³/mol. The fourth-order valence-corrected chi connectivity index (χ4v) is 4.88. The third-order valence-electron chi connectivity index (χ3n) is 6.51. The van der Waals surface area contributed by atoms with Crippen molar-refractivity contribution in [3.05, 3.63) is 65.7 Å². The Morgan fingerprint density at radius 2 is 1.72 bits per heavy atom. The summed E-state index contributed by atoms with van der Waals surface area (Å²) in [4.78, 5) is 33.0. The highest BCUT2D eigenvalue weighted by atomic mass is 16.2. The van der Waals surface area contributed by atoms with Gasteiger partial charge in [-0.15, -0.1) is 0 Å². The fourth-order valence-electron chi connectivity index (χ4n) is 4.88. The lowest BCUT2D eigenvalue weighted by molar-refractivity contribution is -0.127. The number of rotatable bonds is 6. The van der Waals surface area contributed by atoms with Crippen LogP contribution in [-0.2, 0) is 9.59 Å². The van der Waals surface area contributed by atoms with Crippen LogP contribution in [0.1, 0.15) is 69.9 Å². The first-order chi connectivity index (χ1) is 15.5. The van der Waals surface area contributed by atoms with E-state index in [2.05, 4.69) is 5.32 Å².